The van der Waals surface area contributed by atoms with Crippen LogP contribution in [0.1, 0.15) is 16.7 Å². The van der Waals surface area contributed by atoms with E-state index in [0.29, 0.717) is 23.6 Å². The van der Waals surface area contributed by atoms with E-state index in [1.54, 1.807) is 44.6 Å². The average Bonchev–Trinajstić information content (AvgIpc) is 2.64. The first kappa shape index (κ1) is 17.1. The average molecular weight is 322 g/mol. The van der Waals surface area contributed by atoms with E-state index in [2.05, 4.69) is 11.4 Å². The lowest BCUT2D eigenvalue weighted by Gasteiger charge is -2.07. The fourth-order valence-electron chi connectivity index (χ4n) is 2.07. The van der Waals surface area contributed by atoms with Crippen LogP contribution in [0.25, 0.3) is 6.08 Å². The van der Waals surface area contributed by atoms with Crippen LogP contribution in [0.3, 0.4) is 0 Å². The SMILES string of the molecule is COc1ccc(/C=C/C(=O)NCc2ccc(C#N)cc2)c(OC)c1. The molecule has 2 aromatic carbocycles. The largest absolute Gasteiger partial charge is 0.497 e. The first-order chi connectivity index (χ1) is 11.7. The van der Waals surface area contributed by atoms with Gasteiger partial charge in [-0.15, -0.1) is 0 Å². The van der Waals surface area contributed by atoms with Gasteiger partial charge < -0.3 is 14.8 Å². The van der Waals surface area contributed by atoms with Crippen LogP contribution in [-0.2, 0) is 11.3 Å². The van der Waals surface area contributed by atoms with E-state index in [1.807, 2.05) is 18.2 Å². The van der Waals surface area contributed by atoms with Gasteiger partial charge >= 0.3 is 0 Å². The number of amides is 1. The van der Waals surface area contributed by atoms with E-state index in [0.717, 1.165) is 11.1 Å². The Hall–Kier alpha value is -3.26. The van der Waals surface area contributed by atoms with Gasteiger partial charge in [-0.2, -0.15) is 5.26 Å². The highest BCUT2D eigenvalue weighted by Gasteiger charge is 2.03. The number of benzene rings is 2. The number of rotatable bonds is 6. The van der Waals surface area contributed by atoms with E-state index in [-0.39, 0.29) is 5.91 Å². The van der Waals surface area contributed by atoms with E-state index < -0.39 is 0 Å². The van der Waals surface area contributed by atoms with Crippen molar-refractivity contribution in [1.82, 2.24) is 5.32 Å². The number of methoxy groups -OCH3 is 2. The molecular weight excluding hydrogens is 304 g/mol. The van der Waals surface area contributed by atoms with Crippen LogP contribution < -0.4 is 14.8 Å². The number of hydrogen-bond donors (Lipinski definition) is 1. The van der Waals surface area contributed by atoms with Gasteiger partial charge in [0.05, 0.1) is 25.9 Å². The van der Waals surface area contributed by atoms with Gasteiger partial charge in [-0.05, 0) is 35.9 Å². The molecule has 1 N–H and O–H groups in total. The van der Waals surface area contributed by atoms with Crippen molar-refractivity contribution in [3.63, 3.8) is 0 Å². The van der Waals surface area contributed by atoms with Gasteiger partial charge in [0, 0.05) is 24.3 Å². The highest BCUT2D eigenvalue weighted by Crippen LogP contribution is 2.25. The molecule has 0 saturated heterocycles. The van der Waals surface area contributed by atoms with Crippen molar-refractivity contribution < 1.29 is 14.3 Å². The van der Waals surface area contributed by atoms with Gasteiger partial charge in [0.2, 0.25) is 5.91 Å². The van der Waals surface area contributed by atoms with Gasteiger partial charge in [0.15, 0.2) is 0 Å². The predicted octanol–water partition coefficient (Wildman–Crippen LogP) is 2.91. The summed E-state index contributed by atoms with van der Waals surface area (Å²) in [5.74, 6) is 1.11. The number of nitriles is 1. The Labute approximate surface area is 141 Å². The van der Waals surface area contributed by atoms with E-state index in [9.17, 15) is 4.79 Å². The van der Waals surface area contributed by atoms with Crippen LogP contribution in [0.4, 0.5) is 0 Å². The molecule has 0 aliphatic rings. The van der Waals surface area contributed by atoms with E-state index in [1.165, 1.54) is 6.08 Å². The molecule has 0 spiro atoms. The third-order valence-electron chi connectivity index (χ3n) is 3.40. The van der Waals surface area contributed by atoms with Crippen LogP contribution in [0.5, 0.6) is 11.5 Å². The molecule has 0 heterocycles. The third kappa shape index (κ3) is 4.62. The third-order valence-corrected chi connectivity index (χ3v) is 3.40. The van der Waals surface area contributed by atoms with Crippen molar-refractivity contribution in [2.45, 2.75) is 6.54 Å². The summed E-state index contributed by atoms with van der Waals surface area (Å²) in [4.78, 5) is 11.9. The molecule has 2 rings (SSSR count). The molecule has 0 aromatic heterocycles. The Bertz CT molecular complexity index is 774. The molecule has 5 heteroatoms. The molecule has 0 fully saturated rings. The van der Waals surface area contributed by atoms with Gasteiger partial charge in [-0.3, -0.25) is 4.79 Å². The van der Waals surface area contributed by atoms with Crippen LogP contribution in [0.2, 0.25) is 0 Å². The Morgan fingerprint density at radius 3 is 2.54 bits per heavy atom. The molecule has 2 aromatic rings. The van der Waals surface area contributed by atoms with Gasteiger partial charge in [-0.1, -0.05) is 12.1 Å². The molecule has 0 aliphatic carbocycles. The topological polar surface area (TPSA) is 71.3 Å². The summed E-state index contributed by atoms with van der Waals surface area (Å²) < 4.78 is 10.4. The zero-order valence-electron chi connectivity index (χ0n) is 13.6. The van der Waals surface area contributed by atoms with Crippen LogP contribution in [-0.4, -0.2) is 20.1 Å². The van der Waals surface area contributed by atoms with Crippen molar-refractivity contribution in [2.24, 2.45) is 0 Å². The summed E-state index contributed by atoms with van der Waals surface area (Å²) in [7, 11) is 3.15. The highest BCUT2D eigenvalue weighted by molar-refractivity contribution is 5.92. The lowest BCUT2D eigenvalue weighted by Crippen LogP contribution is -2.20. The minimum absolute atomic E-state index is 0.211. The van der Waals surface area contributed by atoms with Crippen molar-refractivity contribution in [1.29, 1.82) is 5.26 Å². The Morgan fingerprint density at radius 2 is 1.92 bits per heavy atom. The molecule has 24 heavy (non-hydrogen) atoms. The minimum atomic E-state index is -0.211. The number of ether oxygens (including phenoxy) is 2. The van der Waals surface area contributed by atoms with Crippen LogP contribution in [0.15, 0.2) is 48.5 Å². The summed E-state index contributed by atoms with van der Waals surface area (Å²) in [5, 5.41) is 11.5. The van der Waals surface area contributed by atoms with Crippen molar-refractivity contribution >= 4 is 12.0 Å². The molecule has 0 bridgehead atoms. The quantitative estimate of drug-likeness (QED) is 0.830. The number of nitrogens with zero attached hydrogens (tertiary/aromatic N) is 1. The lowest BCUT2D eigenvalue weighted by molar-refractivity contribution is -0.116. The van der Waals surface area contributed by atoms with Gasteiger partial charge in [-0.25, -0.2) is 0 Å². The molecular formula is C19H18N2O3. The first-order valence-electron chi connectivity index (χ1n) is 7.33. The Balaban J connectivity index is 1.96. The fourth-order valence-corrected chi connectivity index (χ4v) is 2.07. The number of hydrogen-bond acceptors (Lipinski definition) is 4. The maximum Gasteiger partial charge on any atom is 0.244 e. The van der Waals surface area contributed by atoms with Crippen molar-refractivity contribution in [3.05, 3.63) is 65.2 Å². The van der Waals surface area contributed by atoms with Crippen LogP contribution >= 0.6 is 0 Å². The van der Waals surface area contributed by atoms with Crippen molar-refractivity contribution in [3.8, 4) is 17.6 Å². The van der Waals surface area contributed by atoms with Crippen molar-refractivity contribution in [2.75, 3.05) is 14.2 Å². The molecule has 0 atom stereocenters. The fraction of sp³-hybridized carbons (Fsp3) is 0.158. The maximum absolute atomic E-state index is 11.9. The molecule has 0 radical (unpaired) electrons. The summed E-state index contributed by atoms with van der Waals surface area (Å²) in [5.41, 5.74) is 2.31. The summed E-state index contributed by atoms with van der Waals surface area (Å²) in [6.07, 6.45) is 3.14. The Morgan fingerprint density at radius 1 is 1.17 bits per heavy atom. The zero-order chi connectivity index (χ0) is 17.4. The summed E-state index contributed by atoms with van der Waals surface area (Å²) in [6, 6.07) is 14.5. The van der Waals surface area contributed by atoms with Gasteiger partial charge in [0.25, 0.3) is 0 Å². The second kappa shape index (κ2) is 8.39. The van der Waals surface area contributed by atoms with E-state index >= 15 is 0 Å². The second-order valence-corrected chi connectivity index (χ2v) is 4.97. The summed E-state index contributed by atoms with van der Waals surface area (Å²) in [6.45, 7) is 0.397. The first-order valence-corrected chi connectivity index (χ1v) is 7.33. The van der Waals surface area contributed by atoms with Gasteiger partial charge in [0.1, 0.15) is 11.5 Å². The number of nitrogens with one attached hydrogen (secondary N) is 1. The standard InChI is InChI=1S/C19H18N2O3/c1-23-17-9-7-16(18(11-17)24-2)8-10-19(22)21-13-15-5-3-14(12-20)4-6-15/h3-11H,13H2,1-2H3,(H,21,22)/b10-8+. The Kier molecular flexibility index (Phi) is 5.98. The molecule has 0 unspecified atom stereocenters. The highest BCUT2D eigenvalue weighted by atomic mass is 16.5. The molecule has 1 amide bonds. The molecule has 5 nitrogen and oxygen atoms in total. The summed E-state index contributed by atoms with van der Waals surface area (Å²) >= 11 is 0. The molecule has 0 aliphatic heterocycles. The lowest BCUT2D eigenvalue weighted by atomic mass is 10.1. The maximum atomic E-state index is 11.9. The molecule has 0 saturated carbocycles. The van der Waals surface area contributed by atoms with Crippen LogP contribution in [0, 0.1) is 11.3 Å². The second-order valence-electron chi connectivity index (χ2n) is 4.97. The smallest absolute Gasteiger partial charge is 0.244 e. The number of carbonyl (C=O) groups is 1. The number of carbonyl (C=O) groups excluding carboxylic acids is 1. The predicted molar refractivity (Wildman–Crippen MR) is 91.6 cm³/mol. The minimum Gasteiger partial charge on any atom is -0.497 e. The van der Waals surface area contributed by atoms with E-state index in [4.69, 9.17) is 14.7 Å². The monoisotopic (exact) mass is 322 g/mol. The zero-order valence-corrected chi connectivity index (χ0v) is 13.6. The normalized spacial score (nSPS) is 10.2. The molecule has 122 valence electrons.